The maximum Gasteiger partial charge on any atom is 0.309 e. The van der Waals surface area contributed by atoms with Crippen molar-refractivity contribution in [1.29, 1.82) is 0 Å². The van der Waals surface area contributed by atoms with Gasteiger partial charge in [0.25, 0.3) is 0 Å². The lowest BCUT2D eigenvalue weighted by atomic mass is 9.65. The summed E-state index contributed by atoms with van der Waals surface area (Å²) < 4.78 is 1.73. The highest BCUT2D eigenvalue weighted by molar-refractivity contribution is 6.37. The maximum absolute atomic E-state index is 11.5. The number of fused-ring (bicyclic) bond motifs is 1. The molecule has 1 aromatic carbocycles. The minimum atomic E-state index is -0.664. The molecule has 6 rings (SSSR count). The number of hydrogen-bond acceptors (Lipinski definition) is 7. The Labute approximate surface area is 237 Å². The van der Waals surface area contributed by atoms with Crippen molar-refractivity contribution >= 4 is 57.7 Å². The molecule has 4 heterocycles. The van der Waals surface area contributed by atoms with E-state index in [4.69, 9.17) is 38.2 Å². The Morgan fingerprint density at radius 3 is 2.64 bits per heavy atom. The van der Waals surface area contributed by atoms with Crippen molar-refractivity contribution in [3.63, 3.8) is 0 Å². The van der Waals surface area contributed by atoms with Gasteiger partial charge in [0.05, 0.1) is 16.6 Å². The van der Waals surface area contributed by atoms with E-state index in [1.54, 1.807) is 16.8 Å². The first-order chi connectivity index (χ1) is 18.6. The topological polar surface area (TPSA) is 99.7 Å². The summed E-state index contributed by atoms with van der Waals surface area (Å²) in [6, 6.07) is 5.77. The number of likely N-dealkylation sites (tertiary alicyclic amines) is 1. The van der Waals surface area contributed by atoms with Crippen LogP contribution in [0.4, 0.5) is 11.8 Å². The number of aromatic nitrogens is 4. The van der Waals surface area contributed by atoms with Gasteiger partial charge in [-0.1, -0.05) is 29.3 Å². The lowest BCUT2D eigenvalue weighted by Gasteiger charge is -2.52. The molecule has 39 heavy (non-hydrogen) atoms. The SMILES string of the molecule is CC(=Nc1nc(N2CC([C@H]3CCCN(C4CC(C)(C(=O)O)C4)C3)C2)nc2cn(C)nc12)c1ccc(Cl)cc1Cl. The van der Waals surface area contributed by atoms with E-state index in [9.17, 15) is 9.90 Å². The smallest absolute Gasteiger partial charge is 0.309 e. The van der Waals surface area contributed by atoms with Crippen molar-refractivity contribution in [1.82, 2.24) is 24.6 Å². The molecular formula is C28H33Cl2N7O2. The fourth-order valence-corrected chi connectivity index (χ4v) is 6.91. The molecule has 0 spiro atoms. The van der Waals surface area contributed by atoms with Crippen LogP contribution in [0, 0.1) is 17.3 Å². The molecule has 3 fully saturated rings. The van der Waals surface area contributed by atoms with Crippen LogP contribution in [0.5, 0.6) is 0 Å². The molecule has 2 aromatic heterocycles. The Bertz CT molecular complexity index is 1460. The summed E-state index contributed by atoms with van der Waals surface area (Å²) in [4.78, 5) is 30.8. The maximum atomic E-state index is 11.5. The minimum Gasteiger partial charge on any atom is -0.481 e. The number of nitrogens with zero attached hydrogens (tertiary/aromatic N) is 7. The van der Waals surface area contributed by atoms with Crippen LogP contribution >= 0.6 is 23.2 Å². The monoisotopic (exact) mass is 569 g/mol. The van der Waals surface area contributed by atoms with Crippen LogP contribution in [0.3, 0.4) is 0 Å². The van der Waals surface area contributed by atoms with Gasteiger partial charge in [0, 0.05) is 49.0 Å². The number of carbonyl (C=O) groups is 1. The molecule has 1 aliphatic carbocycles. The third-order valence-electron chi connectivity index (χ3n) is 8.80. The van der Waals surface area contributed by atoms with Crippen LogP contribution in [0.15, 0.2) is 29.4 Å². The molecule has 11 heteroatoms. The number of anilines is 1. The molecule has 1 saturated carbocycles. The van der Waals surface area contributed by atoms with Crippen LogP contribution in [0.25, 0.3) is 11.0 Å². The number of aryl methyl sites for hydroxylation is 1. The number of aliphatic imine (C=N–C) groups is 1. The Morgan fingerprint density at radius 1 is 1.15 bits per heavy atom. The van der Waals surface area contributed by atoms with Crippen molar-refractivity contribution < 1.29 is 9.90 Å². The molecule has 0 unspecified atom stereocenters. The van der Waals surface area contributed by atoms with Crippen LogP contribution < -0.4 is 4.90 Å². The van der Waals surface area contributed by atoms with Gasteiger partial charge < -0.3 is 14.9 Å². The summed E-state index contributed by atoms with van der Waals surface area (Å²) in [5.74, 6) is 1.72. The van der Waals surface area contributed by atoms with E-state index in [0.29, 0.717) is 45.2 Å². The average Bonchev–Trinajstić information content (AvgIpc) is 3.21. The summed E-state index contributed by atoms with van der Waals surface area (Å²) in [5.41, 5.74) is 2.39. The first-order valence-electron chi connectivity index (χ1n) is 13.5. The third kappa shape index (κ3) is 5.00. The third-order valence-corrected chi connectivity index (χ3v) is 9.34. The van der Waals surface area contributed by atoms with Gasteiger partial charge in [-0.3, -0.25) is 9.48 Å². The van der Waals surface area contributed by atoms with Crippen molar-refractivity contribution in [2.75, 3.05) is 31.1 Å². The Balaban J connectivity index is 1.17. The van der Waals surface area contributed by atoms with Crippen LogP contribution in [0.2, 0.25) is 10.0 Å². The van der Waals surface area contributed by atoms with E-state index >= 15 is 0 Å². The van der Waals surface area contributed by atoms with Gasteiger partial charge in [-0.05, 0) is 70.0 Å². The highest BCUT2D eigenvalue weighted by Crippen LogP contribution is 2.45. The quantitative estimate of drug-likeness (QED) is 0.406. The molecule has 206 valence electrons. The van der Waals surface area contributed by atoms with Crippen molar-refractivity contribution in [2.45, 2.75) is 45.6 Å². The molecule has 0 radical (unpaired) electrons. The van der Waals surface area contributed by atoms with Gasteiger partial charge >= 0.3 is 5.97 Å². The summed E-state index contributed by atoms with van der Waals surface area (Å²) in [5, 5.41) is 15.2. The standard InChI is InChI=1S/C28H33Cl2N7O2/c1-16(21-7-6-19(29)9-22(21)30)31-25-24-23(15-35(3)34-24)32-27(33-25)37-13-18(14-37)17-5-4-8-36(12-17)20-10-28(2,11-20)26(38)39/h6-7,9,15,17-18,20H,4-5,8,10-14H2,1-3H3,(H,38,39)/t17-,20?,28?/m0/s1. The molecule has 2 aliphatic heterocycles. The molecule has 9 nitrogen and oxygen atoms in total. The van der Waals surface area contributed by atoms with Gasteiger partial charge in [-0.2, -0.15) is 10.1 Å². The molecular weight excluding hydrogens is 537 g/mol. The van der Waals surface area contributed by atoms with E-state index in [1.807, 2.05) is 33.2 Å². The zero-order valence-corrected chi connectivity index (χ0v) is 24.0. The van der Waals surface area contributed by atoms with Crippen LogP contribution in [-0.2, 0) is 11.8 Å². The highest BCUT2D eigenvalue weighted by Gasteiger charge is 2.49. The van der Waals surface area contributed by atoms with Crippen LogP contribution in [0.1, 0.15) is 45.1 Å². The van der Waals surface area contributed by atoms with E-state index in [1.165, 1.54) is 12.8 Å². The first kappa shape index (κ1) is 26.5. The Hall–Kier alpha value is -2.75. The molecule has 3 aromatic rings. The normalized spacial score (nSPS) is 26.5. The molecule has 0 bridgehead atoms. The molecule has 1 atom stereocenters. The Kier molecular flexibility index (Phi) is 6.80. The second-order valence-electron chi connectivity index (χ2n) is 11.7. The summed E-state index contributed by atoms with van der Waals surface area (Å²) >= 11 is 12.5. The lowest BCUT2D eigenvalue weighted by molar-refractivity contribution is -0.158. The number of rotatable bonds is 6. The number of halogens is 2. The second-order valence-corrected chi connectivity index (χ2v) is 12.5. The average molecular weight is 571 g/mol. The number of carboxylic acid groups (broad SMARTS) is 1. The van der Waals surface area contributed by atoms with E-state index in [2.05, 4.69) is 14.9 Å². The zero-order valence-electron chi connectivity index (χ0n) is 22.4. The van der Waals surface area contributed by atoms with Crippen molar-refractivity contribution in [2.24, 2.45) is 29.3 Å². The minimum absolute atomic E-state index is 0.402. The predicted octanol–water partition coefficient (Wildman–Crippen LogP) is 5.21. The van der Waals surface area contributed by atoms with Gasteiger partial charge in [0.15, 0.2) is 11.3 Å². The van der Waals surface area contributed by atoms with Gasteiger partial charge in [-0.25, -0.2) is 9.98 Å². The largest absolute Gasteiger partial charge is 0.481 e. The molecule has 2 saturated heterocycles. The number of hydrogen-bond donors (Lipinski definition) is 1. The van der Waals surface area contributed by atoms with Gasteiger partial charge in [0.1, 0.15) is 5.52 Å². The number of carboxylic acids is 1. The fourth-order valence-electron chi connectivity index (χ4n) is 6.36. The van der Waals surface area contributed by atoms with Gasteiger partial charge in [0.2, 0.25) is 5.95 Å². The predicted molar refractivity (Wildman–Crippen MR) is 153 cm³/mol. The van der Waals surface area contributed by atoms with Crippen molar-refractivity contribution in [3.05, 3.63) is 40.0 Å². The number of piperidine rings is 1. The van der Waals surface area contributed by atoms with E-state index in [0.717, 1.165) is 55.8 Å². The van der Waals surface area contributed by atoms with E-state index in [-0.39, 0.29) is 0 Å². The number of benzene rings is 1. The van der Waals surface area contributed by atoms with Crippen molar-refractivity contribution in [3.8, 4) is 0 Å². The Morgan fingerprint density at radius 2 is 1.92 bits per heavy atom. The fraction of sp³-hybridized carbons (Fsp3) is 0.536. The molecule has 1 N–H and O–H groups in total. The number of aliphatic carboxylic acids is 1. The first-order valence-corrected chi connectivity index (χ1v) is 14.3. The summed E-state index contributed by atoms with van der Waals surface area (Å²) in [7, 11) is 1.87. The van der Waals surface area contributed by atoms with Crippen LogP contribution in [-0.4, -0.2) is 73.7 Å². The molecule has 0 amide bonds. The lowest BCUT2D eigenvalue weighted by Crippen LogP contribution is -2.58. The molecule has 3 aliphatic rings. The zero-order chi connectivity index (χ0) is 27.5. The summed E-state index contributed by atoms with van der Waals surface area (Å²) in [6.45, 7) is 7.73. The highest BCUT2D eigenvalue weighted by atomic mass is 35.5. The van der Waals surface area contributed by atoms with E-state index < -0.39 is 11.4 Å². The van der Waals surface area contributed by atoms with Gasteiger partial charge in [-0.15, -0.1) is 0 Å². The second kappa shape index (κ2) is 10.0. The summed E-state index contributed by atoms with van der Waals surface area (Å²) in [6.07, 6.45) is 5.80.